The van der Waals surface area contributed by atoms with Crippen LogP contribution >= 0.6 is 0 Å². The minimum Gasteiger partial charge on any atom is -0.505 e. The van der Waals surface area contributed by atoms with Crippen molar-refractivity contribution in [3.8, 4) is 11.5 Å². The summed E-state index contributed by atoms with van der Waals surface area (Å²) in [5.41, 5.74) is -0.0783. The molecule has 1 aliphatic heterocycles. The smallest absolute Gasteiger partial charge is 0.362 e. The Labute approximate surface area is 158 Å². The normalized spacial score (nSPS) is 13.3. The van der Waals surface area contributed by atoms with Crippen LogP contribution in [0.2, 0.25) is 0 Å². The zero-order chi connectivity index (χ0) is 20.1. The quantitative estimate of drug-likeness (QED) is 0.199. The minimum absolute atomic E-state index is 0.0649. The number of non-ortho nitro benzene ring substituents is 1. The number of hydrogen-bond donors (Lipinski definition) is 1. The van der Waals surface area contributed by atoms with Gasteiger partial charge in [-0.25, -0.2) is 4.79 Å². The van der Waals surface area contributed by atoms with Gasteiger partial charge in [-0.1, -0.05) is 0 Å². The third-order valence-corrected chi connectivity index (χ3v) is 3.67. The van der Waals surface area contributed by atoms with Gasteiger partial charge >= 0.3 is 5.97 Å². The summed E-state index contributed by atoms with van der Waals surface area (Å²) in [7, 11) is 0. The van der Waals surface area contributed by atoms with Crippen molar-refractivity contribution >= 4 is 23.1 Å². The Morgan fingerprint density at radius 2 is 1.93 bits per heavy atom. The molecule has 0 aromatic heterocycles. The van der Waals surface area contributed by atoms with Crippen molar-refractivity contribution in [2.75, 3.05) is 13.4 Å². The fourth-order valence-electron chi connectivity index (χ4n) is 2.32. The standard InChI is InChI=1S/C18H15N3O7/c1-2-26-18(23)16(17(22)11-3-6-13(7-4-11)21(24)25)20-19-12-5-8-14-15(9-12)28-10-27-14/h3-9,22H,2,10H2,1H3. The zero-order valence-electron chi connectivity index (χ0n) is 14.7. The Morgan fingerprint density at radius 3 is 2.61 bits per heavy atom. The van der Waals surface area contributed by atoms with Gasteiger partial charge in [-0.05, 0) is 31.2 Å². The van der Waals surface area contributed by atoms with E-state index in [-0.39, 0.29) is 24.7 Å². The lowest BCUT2D eigenvalue weighted by Gasteiger charge is -2.06. The number of esters is 1. The highest BCUT2D eigenvalue weighted by molar-refractivity contribution is 5.95. The van der Waals surface area contributed by atoms with Crippen molar-refractivity contribution in [1.82, 2.24) is 0 Å². The SMILES string of the molecule is CCOC(=O)C(N=Nc1ccc2c(c1)OCO2)=C(O)c1ccc([N+](=O)[O-])cc1. The van der Waals surface area contributed by atoms with Gasteiger partial charge in [0.2, 0.25) is 12.5 Å². The fourth-order valence-corrected chi connectivity index (χ4v) is 2.32. The molecule has 1 N–H and O–H groups in total. The van der Waals surface area contributed by atoms with Crippen LogP contribution in [0.5, 0.6) is 11.5 Å². The molecule has 0 amide bonds. The van der Waals surface area contributed by atoms with Crippen molar-refractivity contribution in [3.05, 3.63) is 63.8 Å². The summed E-state index contributed by atoms with van der Waals surface area (Å²) in [5, 5.41) is 29.0. The van der Waals surface area contributed by atoms with Crippen LogP contribution in [0.25, 0.3) is 5.76 Å². The average Bonchev–Trinajstić information content (AvgIpc) is 3.16. The first kappa shape index (κ1) is 18.8. The van der Waals surface area contributed by atoms with Gasteiger partial charge in [0.25, 0.3) is 5.69 Å². The second kappa shape index (κ2) is 8.16. The van der Waals surface area contributed by atoms with Gasteiger partial charge in [0.1, 0.15) is 0 Å². The number of fused-ring (bicyclic) bond motifs is 1. The van der Waals surface area contributed by atoms with Crippen molar-refractivity contribution in [2.24, 2.45) is 10.2 Å². The van der Waals surface area contributed by atoms with Gasteiger partial charge in [0.15, 0.2) is 17.3 Å². The van der Waals surface area contributed by atoms with E-state index in [9.17, 15) is 20.0 Å². The van der Waals surface area contributed by atoms with Gasteiger partial charge in [-0.2, -0.15) is 5.11 Å². The van der Waals surface area contributed by atoms with E-state index in [2.05, 4.69) is 10.2 Å². The number of rotatable bonds is 6. The highest BCUT2D eigenvalue weighted by Crippen LogP contribution is 2.35. The largest absolute Gasteiger partial charge is 0.505 e. The summed E-state index contributed by atoms with van der Waals surface area (Å²) in [4.78, 5) is 22.4. The molecule has 0 saturated carbocycles. The molecular formula is C18H15N3O7. The van der Waals surface area contributed by atoms with Crippen molar-refractivity contribution in [3.63, 3.8) is 0 Å². The van der Waals surface area contributed by atoms with Crippen LogP contribution in [0.1, 0.15) is 12.5 Å². The number of nitro benzene ring substituents is 1. The van der Waals surface area contributed by atoms with Crippen LogP contribution in [0.3, 0.4) is 0 Å². The number of nitrogens with zero attached hydrogens (tertiary/aromatic N) is 3. The summed E-state index contributed by atoms with van der Waals surface area (Å²) in [6.07, 6.45) is 0. The van der Waals surface area contributed by atoms with Crippen LogP contribution in [-0.2, 0) is 9.53 Å². The number of benzene rings is 2. The molecule has 1 aliphatic rings. The van der Waals surface area contributed by atoms with Gasteiger partial charge in [-0.15, -0.1) is 5.11 Å². The lowest BCUT2D eigenvalue weighted by molar-refractivity contribution is -0.384. The third kappa shape index (κ3) is 4.06. The third-order valence-electron chi connectivity index (χ3n) is 3.67. The molecule has 0 unspecified atom stereocenters. The first-order chi connectivity index (χ1) is 13.5. The Kier molecular flexibility index (Phi) is 5.49. The van der Waals surface area contributed by atoms with Crippen LogP contribution in [0.4, 0.5) is 11.4 Å². The molecule has 0 bridgehead atoms. The van der Waals surface area contributed by atoms with E-state index in [1.165, 1.54) is 24.3 Å². The molecule has 10 heteroatoms. The number of carbonyl (C=O) groups excluding carboxylic acids is 1. The van der Waals surface area contributed by atoms with Gasteiger partial charge < -0.3 is 19.3 Å². The lowest BCUT2D eigenvalue weighted by atomic mass is 10.1. The number of hydrogen-bond acceptors (Lipinski definition) is 9. The molecule has 1 heterocycles. The van der Waals surface area contributed by atoms with Gasteiger partial charge in [0, 0.05) is 23.8 Å². The van der Waals surface area contributed by atoms with E-state index >= 15 is 0 Å². The van der Waals surface area contributed by atoms with Gasteiger partial charge in [-0.3, -0.25) is 10.1 Å². The van der Waals surface area contributed by atoms with Crippen LogP contribution in [0.15, 0.2) is 58.4 Å². The lowest BCUT2D eigenvalue weighted by Crippen LogP contribution is -2.08. The Balaban J connectivity index is 1.94. The van der Waals surface area contributed by atoms with Crippen molar-refractivity contribution < 1.29 is 29.0 Å². The van der Waals surface area contributed by atoms with Crippen molar-refractivity contribution in [1.29, 1.82) is 0 Å². The molecule has 0 atom stereocenters. The zero-order valence-corrected chi connectivity index (χ0v) is 14.7. The number of aliphatic hydroxyl groups excluding tert-OH is 1. The van der Waals surface area contributed by atoms with Crippen molar-refractivity contribution in [2.45, 2.75) is 6.92 Å². The number of azo groups is 1. The van der Waals surface area contributed by atoms with E-state index in [1.54, 1.807) is 25.1 Å². The first-order valence-corrected chi connectivity index (χ1v) is 8.16. The topological polar surface area (TPSA) is 133 Å². The molecular weight excluding hydrogens is 370 g/mol. The highest BCUT2D eigenvalue weighted by atomic mass is 16.7. The van der Waals surface area contributed by atoms with E-state index in [4.69, 9.17) is 14.2 Å². The molecule has 0 spiro atoms. The maximum atomic E-state index is 12.2. The molecule has 0 aliphatic carbocycles. The summed E-state index contributed by atoms with van der Waals surface area (Å²) in [6.45, 7) is 1.77. The summed E-state index contributed by atoms with van der Waals surface area (Å²) in [5.74, 6) is -0.354. The molecule has 3 rings (SSSR count). The molecule has 2 aromatic carbocycles. The van der Waals surface area contributed by atoms with Crippen LogP contribution in [-0.4, -0.2) is 29.4 Å². The van der Waals surface area contributed by atoms with E-state index in [0.29, 0.717) is 17.2 Å². The highest BCUT2D eigenvalue weighted by Gasteiger charge is 2.19. The summed E-state index contributed by atoms with van der Waals surface area (Å²) in [6, 6.07) is 9.79. The number of carbonyl (C=O) groups is 1. The number of aliphatic hydroxyl groups is 1. The molecule has 10 nitrogen and oxygen atoms in total. The Bertz CT molecular complexity index is 968. The van der Waals surface area contributed by atoms with E-state index in [0.717, 1.165) is 0 Å². The Hall–Kier alpha value is -3.95. The molecule has 0 radical (unpaired) electrons. The minimum atomic E-state index is -0.886. The average molecular weight is 385 g/mol. The first-order valence-electron chi connectivity index (χ1n) is 8.16. The van der Waals surface area contributed by atoms with Gasteiger partial charge in [0.05, 0.1) is 17.2 Å². The monoisotopic (exact) mass is 385 g/mol. The predicted octanol–water partition coefficient (Wildman–Crippen LogP) is 3.90. The molecule has 0 fully saturated rings. The van der Waals surface area contributed by atoms with Crippen LogP contribution in [0, 0.1) is 10.1 Å². The predicted molar refractivity (Wildman–Crippen MR) is 96.4 cm³/mol. The molecule has 28 heavy (non-hydrogen) atoms. The molecule has 144 valence electrons. The Morgan fingerprint density at radius 1 is 1.21 bits per heavy atom. The van der Waals surface area contributed by atoms with E-state index < -0.39 is 22.3 Å². The maximum absolute atomic E-state index is 12.2. The molecule has 0 saturated heterocycles. The second-order valence-electron chi connectivity index (χ2n) is 5.46. The summed E-state index contributed by atoms with van der Waals surface area (Å²) >= 11 is 0. The summed E-state index contributed by atoms with van der Waals surface area (Å²) < 4.78 is 15.4. The van der Waals surface area contributed by atoms with Crippen LogP contribution < -0.4 is 9.47 Å². The van der Waals surface area contributed by atoms with E-state index in [1.807, 2.05) is 0 Å². The maximum Gasteiger partial charge on any atom is 0.362 e. The number of nitro groups is 1. The number of ether oxygens (including phenoxy) is 3. The fraction of sp³-hybridized carbons (Fsp3) is 0.167. The molecule has 2 aromatic rings. The second-order valence-corrected chi connectivity index (χ2v) is 5.46.